The third-order valence-electron chi connectivity index (χ3n) is 3.12. The van der Waals surface area contributed by atoms with Crippen molar-refractivity contribution in [3.63, 3.8) is 0 Å². The van der Waals surface area contributed by atoms with Crippen LogP contribution < -0.4 is 10.6 Å². The van der Waals surface area contributed by atoms with Crippen molar-refractivity contribution in [2.24, 2.45) is 10.9 Å². The lowest BCUT2D eigenvalue weighted by Gasteiger charge is -2.18. The number of amidine groups is 1. The summed E-state index contributed by atoms with van der Waals surface area (Å²) in [5.74, 6) is 0.884. The molecule has 0 aliphatic rings. The molecule has 0 radical (unpaired) electrons. The minimum absolute atomic E-state index is 0.0881. The lowest BCUT2D eigenvalue weighted by Crippen LogP contribution is -2.22. The molecular formula is C15H18N4O. The molecule has 1 heterocycles. The Kier molecular flexibility index (Phi) is 4.55. The van der Waals surface area contributed by atoms with Crippen LogP contribution in [-0.2, 0) is 6.42 Å². The predicted octanol–water partition coefficient (Wildman–Crippen LogP) is 1.85. The van der Waals surface area contributed by atoms with Crippen LogP contribution in [0.4, 0.5) is 5.82 Å². The fourth-order valence-corrected chi connectivity index (χ4v) is 1.90. The summed E-state index contributed by atoms with van der Waals surface area (Å²) in [6, 6.07) is 13.8. The van der Waals surface area contributed by atoms with Gasteiger partial charge in [-0.15, -0.1) is 0 Å². The average molecular weight is 270 g/mol. The van der Waals surface area contributed by atoms with Gasteiger partial charge in [-0.3, -0.25) is 0 Å². The van der Waals surface area contributed by atoms with E-state index in [0.29, 0.717) is 5.56 Å². The van der Waals surface area contributed by atoms with Crippen LogP contribution in [0.3, 0.4) is 0 Å². The molecule has 0 bridgehead atoms. The summed E-state index contributed by atoms with van der Waals surface area (Å²) in [5.41, 5.74) is 7.52. The number of nitrogens with zero attached hydrogens (tertiary/aromatic N) is 3. The maximum atomic E-state index is 8.70. The maximum Gasteiger partial charge on any atom is 0.170 e. The van der Waals surface area contributed by atoms with E-state index >= 15 is 0 Å². The van der Waals surface area contributed by atoms with Crippen LogP contribution in [0.2, 0.25) is 0 Å². The molecule has 1 aromatic heterocycles. The summed E-state index contributed by atoms with van der Waals surface area (Å²) in [4.78, 5) is 6.34. The Morgan fingerprint density at radius 2 is 2.05 bits per heavy atom. The monoisotopic (exact) mass is 270 g/mol. The second-order valence-electron chi connectivity index (χ2n) is 4.55. The van der Waals surface area contributed by atoms with Gasteiger partial charge in [0.1, 0.15) is 5.82 Å². The quantitative estimate of drug-likeness (QED) is 0.376. The highest BCUT2D eigenvalue weighted by molar-refractivity contribution is 5.97. The first-order chi connectivity index (χ1) is 9.70. The van der Waals surface area contributed by atoms with E-state index in [2.05, 4.69) is 22.3 Å². The van der Waals surface area contributed by atoms with Crippen LogP contribution in [0.15, 0.2) is 53.8 Å². The van der Waals surface area contributed by atoms with Gasteiger partial charge in [-0.2, -0.15) is 0 Å². The van der Waals surface area contributed by atoms with Gasteiger partial charge >= 0.3 is 0 Å². The second-order valence-corrected chi connectivity index (χ2v) is 4.55. The fourth-order valence-electron chi connectivity index (χ4n) is 1.90. The molecule has 0 saturated carbocycles. The molecular weight excluding hydrogens is 252 g/mol. The number of anilines is 1. The van der Waals surface area contributed by atoms with E-state index in [0.717, 1.165) is 18.8 Å². The zero-order valence-electron chi connectivity index (χ0n) is 11.4. The number of nitrogens with two attached hydrogens (primary N) is 1. The normalized spacial score (nSPS) is 11.3. The van der Waals surface area contributed by atoms with E-state index < -0.39 is 0 Å². The Bertz CT molecular complexity index is 583. The van der Waals surface area contributed by atoms with Gasteiger partial charge in [0.2, 0.25) is 0 Å². The largest absolute Gasteiger partial charge is 0.409 e. The lowest BCUT2D eigenvalue weighted by molar-refractivity contribution is 0.318. The number of rotatable bonds is 5. The smallest absolute Gasteiger partial charge is 0.170 e. The van der Waals surface area contributed by atoms with Crippen molar-refractivity contribution >= 4 is 11.7 Å². The van der Waals surface area contributed by atoms with Crippen LogP contribution in [-0.4, -0.2) is 29.6 Å². The molecule has 5 nitrogen and oxygen atoms in total. The highest BCUT2D eigenvalue weighted by atomic mass is 16.4. The zero-order chi connectivity index (χ0) is 14.4. The highest BCUT2D eigenvalue weighted by Gasteiger charge is 2.06. The van der Waals surface area contributed by atoms with E-state index in [1.807, 2.05) is 30.1 Å². The van der Waals surface area contributed by atoms with Crippen LogP contribution in [0.25, 0.3) is 0 Å². The Morgan fingerprint density at radius 3 is 2.75 bits per heavy atom. The molecule has 0 spiro atoms. The highest BCUT2D eigenvalue weighted by Crippen LogP contribution is 2.12. The average Bonchev–Trinajstić information content (AvgIpc) is 2.53. The topological polar surface area (TPSA) is 74.7 Å². The molecule has 20 heavy (non-hydrogen) atoms. The van der Waals surface area contributed by atoms with Gasteiger partial charge in [0.15, 0.2) is 5.84 Å². The summed E-state index contributed by atoms with van der Waals surface area (Å²) in [6.07, 6.45) is 2.59. The van der Waals surface area contributed by atoms with Crippen LogP contribution in [0, 0.1) is 0 Å². The van der Waals surface area contributed by atoms with Crippen LogP contribution >= 0.6 is 0 Å². The van der Waals surface area contributed by atoms with E-state index in [1.165, 1.54) is 5.56 Å². The number of benzene rings is 1. The van der Waals surface area contributed by atoms with E-state index in [1.54, 1.807) is 18.3 Å². The lowest BCUT2D eigenvalue weighted by atomic mass is 10.1. The second kappa shape index (κ2) is 6.56. The zero-order valence-corrected chi connectivity index (χ0v) is 11.4. The van der Waals surface area contributed by atoms with Crippen molar-refractivity contribution in [2.45, 2.75) is 6.42 Å². The number of oxime groups is 1. The Labute approximate surface area is 118 Å². The van der Waals surface area contributed by atoms with Gasteiger partial charge in [-0.1, -0.05) is 35.5 Å². The van der Waals surface area contributed by atoms with E-state index in [-0.39, 0.29) is 5.84 Å². The van der Waals surface area contributed by atoms with Crippen molar-refractivity contribution in [1.82, 2.24) is 4.98 Å². The minimum atomic E-state index is 0.0881. The third kappa shape index (κ3) is 3.47. The summed E-state index contributed by atoms with van der Waals surface area (Å²) >= 11 is 0. The van der Waals surface area contributed by atoms with Gasteiger partial charge in [0.25, 0.3) is 0 Å². The van der Waals surface area contributed by atoms with Gasteiger partial charge < -0.3 is 15.8 Å². The molecule has 0 fully saturated rings. The molecule has 2 rings (SSSR count). The van der Waals surface area contributed by atoms with Crippen molar-refractivity contribution in [3.05, 3.63) is 59.8 Å². The van der Waals surface area contributed by atoms with E-state index in [9.17, 15) is 0 Å². The fraction of sp³-hybridized carbons (Fsp3) is 0.200. The molecule has 0 amide bonds. The maximum absolute atomic E-state index is 8.70. The first-order valence-electron chi connectivity index (χ1n) is 6.39. The molecule has 3 N–H and O–H groups in total. The minimum Gasteiger partial charge on any atom is -0.409 e. The van der Waals surface area contributed by atoms with E-state index in [4.69, 9.17) is 10.9 Å². The summed E-state index contributed by atoms with van der Waals surface area (Å²) < 4.78 is 0. The van der Waals surface area contributed by atoms with Crippen molar-refractivity contribution < 1.29 is 5.21 Å². The molecule has 2 aromatic rings. The molecule has 0 unspecified atom stereocenters. The third-order valence-corrected chi connectivity index (χ3v) is 3.12. The molecule has 1 aromatic carbocycles. The Balaban J connectivity index is 2.04. The number of hydrogen-bond donors (Lipinski definition) is 2. The number of aromatic nitrogens is 1. The molecule has 104 valence electrons. The SMILES string of the molecule is CN(CCc1ccccc1)c1cc(C(N)=NO)ccn1. The molecule has 0 aliphatic heterocycles. The van der Waals surface area contributed by atoms with Crippen LogP contribution in [0.1, 0.15) is 11.1 Å². The van der Waals surface area contributed by atoms with Gasteiger partial charge in [-0.25, -0.2) is 4.98 Å². The molecule has 0 atom stereocenters. The van der Waals surface area contributed by atoms with Crippen molar-refractivity contribution in [2.75, 3.05) is 18.5 Å². The van der Waals surface area contributed by atoms with Crippen molar-refractivity contribution in [1.29, 1.82) is 0 Å². The molecule has 5 heteroatoms. The van der Waals surface area contributed by atoms with Gasteiger partial charge in [-0.05, 0) is 24.1 Å². The summed E-state index contributed by atoms with van der Waals surface area (Å²) in [6.45, 7) is 0.844. The van der Waals surface area contributed by atoms with Crippen molar-refractivity contribution in [3.8, 4) is 0 Å². The Hall–Kier alpha value is -2.56. The predicted molar refractivity (Wildman–Crippen MR) is 80.2 cm³/mol. The number of likely N-dealkylation sites (N-methyl/N-ethyl adjacent to an activating group) is 1. The van der Waals surface area contributed by atoms with Gasteiger partial charge in [0, 0.05) is 25.4 Å². The number of pyridine rings is 1. The first kappa shape index (κ1) is 13.9. The summed E-state index contributed by atoms with van der Waals surface area (Å²) in [5, 5.41) is 11.7. The Morgan fingerprint density at radius 1 is 1.30 bits per heavy atom. The standard InChI is InChI=1S/C15H18N4O/c1-19(10-8-12-5-3-2-4-6-12)14-11-13(7-9-17-14)15(16)18-20/h2-7,9,11,20H,8,10H2,1H3,(H2,16,18). The molecule has 0 aliphatic carbocycles. The number of hydrogen-bond acceptors (Lipinski definition) is 4. The van der Waals surface area contributed by atoms with Crippen LogP contribution in [0.5, 0.6) is 0 Å². The van der Waals surface area contributed by atoms with Gasteiger partial charge in [0.05, 0.1) is 0 Å². The molecule has 0 saturated heterocycles. The summed E-state index contributed by atoms with van der Waals surface area (Å²) in [7, 11) is 1.97. The first-order valence-corrected chi connectivity index (χ1v) is 6.39.